The fourth-order valence-corrected chi connectivity index (χ4v) is 9.70. The first kappa shape index (κ1) is 64.9. The molecule has 0 saturated carbocycles. The van der Waals surface area contributed by atoms with Crippen LogP contribution in [0.3, 0.4) is 0 Å². The Labute approximate surface area is 527 Å². The number of H-pyrrole nitrogens is 1. The summed E-state index contributed by atoms with van der Waals surface area (Å²) in [6.07, 6.45) is 5.04. The second-order valence-corrected chi connectivity index (χ2v) is 20.5. The molecule has 0 aliphatic carbocycles. The molecule has 29 heteroatoms. The molecule has 1 N–H and O–H groups in total. The summed E-state index contributed by atoms with van der Waals surface area (Å²) in [5, 5.41) is 29.8. The highest BCUT2D eigenvalue weighted by Crippen LogP contribution is 2.36. The normalized spacial score (nSPS) is 10.9. The Hall–Kier alpha value is -9.59. The lowest BCUT2D eigenvalue weighted by Crippen LogP contribution is -2.08. The Kier molecular flexibility index (Phi) is 23.1. The van der Waals surface area contributed by atoms with Gasteiger partial charge in [-0.05, 0) is 123 Å². The van der Waals surface area contributed by atoms with Crippen LogP contribution in [0.15, 0.2) is 198 Å². The minimum absolute atomic E-state index is 0. The highest BCUT2D eigenvalue weighted by atomic mass is 32.2. The number of halogens is 3. The molecule has 12 aromatic rings. The van der Waals surface area contributed by atoms with Crippen molar-refractivity contribution in [2.24, 2.45) is 21.1 Å². The molecule has 0 aliphatic heterocycles. The van der Waals surface area contributed by atoms with Gasteiger partial charge in [-0.3, -0.25) is 0 Å². The Morgan fingerprint density at radius 3 is 1.20 bits per heavy atom. The highest BCUT2D eigenvalue weighted by Gasteiger charge is 2.24. The third-order valence-electron chi connectivity index (χ3n) is 12.7. The van der Waals surface area contributed by atoms with Gasteiger partial charge in [0.25, 0.3) is 0 Å². The van der Waals surface area contributed by atoms with Crippen LogP contribution >= 0.6 is 36.1 Å². The number of benzene rings is 6. The number of ether oxygens (including phenoxy) is 2. The van der Waals surface area contributed by atoms with Crippen molar-refractivity contribution >= 4 is 36.1 Å². The number of rotatable bonds is 24. The van der Waals surface area contributed by atoms with Crippen molar-refractivity contribution in [1.29, 1.82) is 0 Å². The molecule has 90 heavy (non-hydrogen) atoms. The third-order valence-corrected chi connectivity index (χ3v) is 14.7. The van der Waals surface area contributed by atoms with E-state index in [4.69, 9.17) is 37.1 Å². The fraction of sp³-hybridized carbons (Fsp3) is 0.164. The molecule has 0 spiro atoms. The molecule has 0 saturated heterocycles. The number of aromatic nitrogens is 15. The predicted octanol–water partition coefficient (Wildman–Crippen LogP) is 13.7. The van der Waals surface area contributed by atoms with Crippen LogP contribution in [0.25, 0.3) is 67.9 Å². The van der Waals surface area contributed by atoms with E-state index in [9.17, 15) is 13.2 Å². The Bertz CT molecular complexity index is 4140. The smallest absolute Gasteiger partial charge is 0.200 e. The maximum atomic E-state index is 13.5. The maximum absolute atomic E-state index is 13.5. The molecule has 0 amide bonds. The lowest BCUT2D eigenvalue weighted by molar-refractivity contribution is -0.0782. The molecule has 0 unspecified atom stereocenters. The van der Waals surface area contributed by atoms with Crippen LogP contribution in [-0.4, -0.2) is 87.3 Å². The van der Waals surface area contributed by atoms with Crippen molar-refractivity contribution in [1.82, 2.24) is 74.1 Å². The molecule has 0 bridgehead atoms. The van der Waals surface area contributed by atoms with Crippen LogP contribution < -0.4 is 14.7 Å². The molecule has 0 radical (unpaired) electrons. The van der Waals surface area contributed by atoms with Gasteiger partial charge in [-0.2, -0.15) is 15.4 Å². The fourth-order valence-electron chi connectivity index (χ4n) is 8.26. The van der Waals surface area contributed by atoms with E-state index in [1.54, 1.807) is 101 Å². The van der Waals surface area contributed by atoms with E-state index in [-0.39, 0.29) is 38.3 Å². The molecule has 0 aliphatic rings. The highest BCUT2D eigenvalue weighted by molar-refractivity contribution is 7.94. The molecule has 464 valence electrons. The lowest BCUT2D eigenvalue weighted by atomic mass is 10.1. The van der Waals surface area contributed by atoms with Gasteiger partial charge in [0.05, 0.1) is 35.7 Å². The molecule has 12 rings (SSSR count). The number of imidazole rings is 3. The summed E-state index contributed by atoms with van der Waals surface area (Å²) < 4.78 is 75.5. The average molecular weight is 1280 g/mol. The molecule has 6 heterocycles. The third kappa shape index (κ3) is 16.4. The maximum Gasteiger partial charge on any atom is 0.200 e. The molecule has 0 atom stereocenters. The second-order valence-electron chi connectivity index (χ2n) is 18.5. The van der Waals surface area contributed by atoms with Crippen LogP contribution in [0.5, 0.6) is 17.2 Å². The van der Waals surface area contributed by atoms with Gasteiger partial charge in [0, 0.05) is 51.0 Å². The van der Waals surface area contributed by atoms with Gasteiger partial charge in [-0.15, -0.1) is 23.2 Å². The Balaban J connectivity index is 0.000000160. The largest absolute Gasteiger partial charge is 0.359 e. The van der Waals surface area contributed by atoms with E-state index in [1.807, 2.05) is 103 Å². The first-order chi connectivity index (χ1) is 43.6. The molecular weight excluding hydrogens is 1220 g/mol. The number of para-hydroxylation sites is 3. The van der Waals surface area contributed by atoms with E-state index in [0.29, 0.717) is 85.8 Å². The standard InChI is InChI=1S/2C21H20FN5O3S.C18H14FN5O2S.CH4/c1-3-28-14-27-20(15-9-11-16(22)12-10-15)19(24-25-27)18-13-23-21(26(18)2)31-30-29-17-7-5-4-6-8-17;1-3-28-14-27-20(19(24-25-27)15-9-11-16(22)12-10-15)18-13-23-21(26(18)2)31-30-29-17-7-5-4-6-8-17;1-24-15(11-20-18(24)27-26-25-14-5-3-2-4-6-14)17-16(21-23-22-17)12-7-9-13(19)10-8-12;/h2*4-13H,3,14H2,1-2H3;2-11H,1H3,(H,21,22,23);1H4. The van der Waals surface area contributed by atoms with Crippen LogP contribution in [-0.2, 0) is 57.1 Å². The number of nitrogens with one attached hydrogen (secondary N) is 1. The summed E-state index contributed by atoms with van der Waals surface area (Å²) in [4.78, 5) is 28.9. The van der Waals surface area contributed by atoms with E-state index in [0.717, 1.165) is 64.2 Å². The Morgan fingerprint density at radius 1 is 0.411 bits per heavy atom. The van der Waals surface area contributed by atoms with Gasteiger partial charge in [-0.25, -0.2) is 37.5 Å². The van der Waals surface area contributed by atoms with Crippen molar-refractivity contribution in [3.8, 4) is 85.2 Å². The summed E-state index contributed by atoms with van der Waals surface area (Å²) in [6, 6.07) is 45.9. The van der Waals surface area contributed by atoms with Crippen molar-refractivity contribution in [2.75, 3.05) is 13.2 Å². The number of nitrogens with zero attached hydrogens (tertiary/aromatic N) is 14. The number of aromatic amines is 1. The Morgan fingerprint density at radius 2 is 0.767 bits per heavy atom. The van der Waals surface area contributed by atoms with E-state index in [1.165, 1.54) is 36.4 Å². The van der Waals surface area contributed by atoms with Crippen molar-refractivity contribution in [2.45, 2.75) is 50.2 Å². The molecule has 23 nitrogen and oxygen atoms in total. The van der Waals surface area contributed by atoms with Crippen LogP contribution in [0.1, 0.15) is 21.3 Å². The van der Waals surface area contributed by atoms with Crippen molar-refractivity contribution in [3.05, 3.63) is 200 Å². The zero-order chi connectivity index (χ0) is 61.9. The van der Waals surface area contributed by atoms with Crippen molar-refractivity contribution < 1.29 is 50.3 Å². The minimum Gasteiger partial charge on any atom is -0.359 e. The monoisotopic (exact) mass is 1280 g/mol. The molecule has 0 fully saturated rings. The van der Waals surface area contributed by atoms with E-state index >= 15 is 0 Å². The van der Waals surface area contributed by atoms with Gasteiger partial charge in [0.1, 0.15) is 101 Å². The molecule has 6 aromatic heterocycles. The zero-order valence-corrected chi connectivity index (χ0v) is 50.5. The molecular formula is C61H58F3N15O8S3. The van der Waals surface area contributed by atoms with E-state index in [2.05, 4.69) is 51.0 Å². The minimum atomic E-state index is -0.318. The summed E-state index contributed by atoms with van der Waals surface area (Å²) in [5.74, 6) is 0.822. The van der Waals surface area contributed by atoms with Gasteiger partial charge < -0.3 is 37.8 Å². The summed E-state index contributed by atoms with van der Waals surface area (Å²) >= 11 is 2.95. The van der Waals surface area contributed by atoms with E-state index < -0.39 is 0 Å². The topological polar surface area (TPSA) is 230 Å². The first-order valence-corrected chi connectivity index (χ1v) is 29.2. The van der Waals surface area contributed by atoms with Crippen LogP contribution in [0.2, 0.25) is 0 Å². The number of hydrogen-bond acceptors (Lipinski definition) is 20. The SMILES string of the molecule is C.CCOCn1nnc(-c2ccc(F)cc2)c1-c1cnc(SOOc2ccccc2)n1C.CCOCn1nnc(-c2cnc(SOOc3ccccc3)n2C)c1-c1ccc(F)cc1.Cn1c(-c2n[nH]nc2-c2ccc(F)cc2)cnc1SOOc1ccccc1. The van der Waals surface area contributed by atoms with Gasteiger partial charge in [-0.1, -0.05) is 72.5 Å². The average Bonchev–Trinajstić information content (AvgIpc) is 1.67. The van der Waals surface area contributed by atoms with Crippen LogP contribution in [0.4, 0.5) is 13.2 Å². The lowest BCUT2D eigenvalue weighted by Gasteiger charge is -2.10. The molecule has 6 aromatic carbocycles. The summed E-state index contributed by atoms with van der Waals surface area (Å²) in [5.41, 5.74) is 8.25. The van der Waals surface area contributed by atoms with Gasteiger partial charge in [0.2, 0.25) is 0 Å². The summed E-state index contributed by atoms with van der Waals surface area (Å²) in [7, 11) is 5.52. The zero-order valence-electron chi connectivity index (χ0n) is 48.0. The summed E-state index contributed by atoms with van der Waals surface area (Å²) in [6.45, 7) is 5.31. The quantitative estimate of drug-likeness (QED) is 0.0337. The van der Waals surface area contributed by atoms with Gasteiger partial charge in [0.15, 0.2) is 32.7 Å². The number of hydrogen-bond donors (Lipinski definition) is 1. The first-order valence-electron chi connectivity index (χ1n) is 27.0. The second kappa shape index (κ2) is 32.1. The van der Waals surface area contributed by atoms with Crippen molar-refractivity contribution in [3.63, 3.8) is 0 Å². The van der Waals surface area contributed by atoms with Gasteiger partial charge >= 0.3 is 0 Å². The predicted molar refractivity (Wildman–Crippen MR) is 331 cm³/mol. The van der Waals surface area contributed by atoms with Crippen LogP contribution in [0, 0.1) is 17.5 Å².